The van der Waals surface area contributed by atoms with Crippen molar-refractivity contribution in [2.45, 2.75) is 17.9 Å². The number of aliphatic carboxylic acids is 1. The molecular formula is C18H17Cl2NO5S. The number of carbonyl (C=O) groups is 1. The van der Waals surface area contributed by atoms with Crippen molar-refractivity contribution in [3.63, 3.8) is 0 Å². The lowest BCUT2D eigenvalue weighted by molar-refractivity contribution is -0.137. The number of halogens is 2. The first-order chi connectivity index (χ1) is 12.7. The van der Waals surface area contributed by atoms with Gasteiger partial charge in [-0.1, -0.05) is 41.9 Å². The molecule has 2 aromatic rings. The molecule has 6 nitrogen and oxygen atoms in total. The van der Waals surface area contributed by atoms with Gasteiger partial charge in [0.2, 0.25) is 0 Å². The third-order valence-electron chi connectivity index (χ3n) is 3.58. The molecule has 1 atom stereocenters. The van der Waals surface area contributed by atoms with Gasteiger partial charge < -0.3 is 9.84 Å². The quantitative estimate of drug-likeness (QED) is 0.634. The molecule has 0 aliphatic carbocycles. The Kier molecular flexibility index (Phi) is 6.75. The molecule has 0 spiro atoms. The summed E-state index contributed by atoms with van der Waals surface area (Å²) in [5, 5.41) is 9.54. The van der Waals surface area contributed by atoms with Gasteiger partial charge in [-0.15, -0.1) is 0 Å². The molecule has 27 heavy (non-hydrogen) atoms. The number of anilines is 1. The minimum Gasteiger partial charge on any atom is -0.489 e. The third kappa shape index (κ3) is 4.74. The number of benzene rings is 2. The van der Waals surface area contributed by atoms with Crippen molar-refractivity contribution in [1.29, 1.82) is 0 Å². The summed E-state index contributed by atoms with van der Waals surface area (Å²) in [5.41, 5.74) is 0.113. The zero-order valence-electron chi connectivity index (χ0n) is 14.3. The van der Waals surface area contributed by atoms with Crippen molar-refractivity contribution >= 4 is 44.9 Å². The Morgan fingerprint density at radius 2 is 2.00 bits per heavy atom. The molecule has 1 unspecified atom stereocenters. The van der Waals surface area contributed by atoms with Crippen LogP contribution in [0.25, 0.3) is 0 Å². The molecule has 9 heteroatoms. The van der Waals surface area contributed by atoms with Crippen molar-refractivity contribution in [3.8, 4) is 5.75 Å². The molecule has 0 aliphatic heterocycles. The summed E-state index contributed by atoms with van der Waals surface area (Å²) in [6.07, 6.45) is 1.53. The van der Waals surface area contributed by atoms with Gasteiger partial charge >= 0.3 is 5.97 Å². The number of carboxylic acids is 1. The van der Waals surface area contributed by atoms with Gasteiger partial charge in [0.15, 0.2) is 0 Å². The van der Waals surface area contributed by atoms with Crippen LogP contribution in [0, 0.1) is 0 Å². The van der Waals surface area contributed by atoms with Crippen LogP contribution in [-0.4, -0.2) is 32.1 Å². The summed E-state index contributed by atoms with van der Waals surface area (Å²) in [6, 6.07) is 8.63. The van der Waals surface area contributed by atoms with E-state index in [0.717, 1.165) is 4.31 Å². The second kappa shape index (κ2) is 8.65. The van der Waals surface area contributed by atoms with Gasteiger partial charge in [0.25, 0.3) is 10.0 Å². The van der Waals surface area contributed by atoms with Crippen molar-refractivity contribution < 1.29 is 23.1 Å². The maximum atomic E-state index is 13.2. The summed E-state index contributed by atoms with van der Waals surface area (Å²) in [5.74, 6) is -0.962. The first-order valence-corrected chi connectivity index (χ1v) is 9.94. The van der Waals surface area contributed by atoms with Crippen molar-refractivity contribution in [1.82, 2.24) is 0 Å². The standard InChI is InChI=1S/C18H17Cl2NO5S/c1-3-9-26-15-6-4-5-14(11-15)21(12(2)18(22)23)27(24,25)17-10-13(19)7-8-16(17)20/h3-8,10-12H,1,9H2,2H3,(H,22,23). The highest BCUT2D eigenvalue weighted by atomic mass is 35.5. The van der Waals surface area contributed by atoms with Gasteiger partial charge in [-0.2, -0.15) is 0 Å². The van der Waals surface area contributed by atoms with Crippen LogP contribution in [0.15, 0.2) is 60.0 Å². The highest BCUT2D eigenvalue weighted by Gasteiger charge is 2.35. The van der Waals surface area contributed by atoms with Crippen LogP contribution in [0.3, 0.4) is 0 Å². The zero-order valence-corrected chi connectivity index (χ0v) is 16.6. The summed E-state index contributed by atoms with van der Waals surface area (Å²) in [6.45, 7) is 5.02. The molecule has 144 valence electrons. The van der Waals surface area contributed by atoms with Crippen LogP contribution in [-0.2, 0) is 14.8 Å². The molecule has 0 saturated heterocycles. The van der Waals surface area contributed by atoms with Crippen LogP contribution >= 0.6 is 23.2 Å². The smallest absolute Gasteiger partial charge is 0.327 e. The first kappa shape index (κ1) is 21.1. The molecule has 0 aliphatic rings. The van der Waals surface area contributed by atoms with Gasteiger partial charge in [-0.25, -0.2) is 13.2 Å². The fraction of sp³-hybridized carbons (Fsp3) is 0.167. The number of hydrogen-bond acceptors (Lipinski definition) is 4. The highest BCUT2D eigenvalue weighted by molar-refractivity contribution is 7.93. The van der Waals surface area contributed by atoms with E-state index in [1.165, 1.54) is 43.3 Å². The second-order valence-corrected chi connectivity index (χ2v) is 8.11. The molecule has 0 aromatic heterocycles. The Morgan fingerprint density at radius 1 is 1.30 bits per heavy atom. The number of rotatable bonds is 8. The Morgan fingerprint density at radius 3 is 2.63 bits per heavy atom. The Labute approximate surface area is 167 Å². The maximum Gasteiger partial charge on any atom is 0.327 e. The van der Waals surface area contributed by atoms with Gasteiger partial charge in [0, 0.05) is 11.1 Å². The Bertz CT molecular complexity index is 962. The van der Waals surface area contributed by atoms with Crippen LogP contribution in [0.1, 0.15) is 6.92 Å². The average molecular weight is 430 g/mol. The molecule has 0 bridgehead atoms. The Balaban J connectivity index is 2.63. The minimum absolute atomic E-state index is 0.0685. The van der Waals surface area contributed by atoms with Crippen molar-refractivity contribution in [3.05, 3.63) is 65.2 Å². The number of hydrogen-bond donors (Lipinski definition) is 1. The van der Waals surface area contributed by atoms with E-state index in [1.54, 1.807) is 12.1 Å². The average Bonchev–Trinajstić information content (AvgIpc) is 2.62. The van der Waals surface area contributed by atoms with E-state index >= 15 is 0 Å². The SMILES string of the molecule is C=CCOc1cccc(N(C(C)C(=O)O)S(=O)(=O)c2cc(Cl)ccc2Cl)c1. The number of nitrogens with zero attached hydrogens (tertiary/aromatic N) is 1. The second-order valence-electron chi connectivity index (χ2n) is 5.49. The summed E-state index contributed by atoms with van der Waals surface area (Å²) >= 11 is 12.0. The molecule has 0 fully saturated rings. The molecule has 0 radical (unpaired) electrons. The number of sulfonamides is 1. The Hall–Kier alpha value is -2.22. The lowest BCUT2D eigenvalue weighted by atomic mass is 10.2. The predicted molar refractivity (Wildman–Crippen MR) is 105 cm³/mol. The minimum atomic E-state index is -4.33. The van der Waals surface area contributed by atoms with E-state index in [9.17, 15) is 18.3 Å². The fourth-order valence-corrected chi connectivity index (χ4v) is 4.66. The maximum absolute atomic E-state index is 13.2. The largest absolute Gasteiger partial charge is 0.489 e. The number of carboxylic acid groups (broad SMARTS) is 1. The first-order valence-electron chi connectivity index (χ1n) is 7.74. The van der Waals surface area contributed by atoms with E-state index < -0.39 is 22.0 Å². The van der Waals surface area contributed by atoms with Crippen LogP contribution in [0.2, 0.25) is 10.0 Å². The summed E-state index contributed by atoms with van der Waals surface area (Å²) in [4.78, 5) is 11.3. The highest BCUT2D eigenvalue weighted by Crippen LogP contribution is 2.33. The van der Waals surface area contributed by atoms with E-state index in [0.29, 0.717) is 5.75 Å². The van der Waals surface area contributed by atoms with E-state index in [4.69, 9.17) is 27.9 Å². The molecule has 0 heterocycles. The molecule has 2 aromatic carbocycles. The van der Waals surface area contributed by atoms with Gasteiger partial charge in [0.05, 0.1) is 10.7 Å². The topological polar surface area (TPSA) is 83.9 Å². The summed E-state index contributed by atoms with van der Waals surface area (Å²) < 4.78 is 32.7. The lowest BCUT2D eigenvalue weighted by Gasteiger charge is -2.28. The molecule has 2 rings (SSSR count). The van der Waals surface area contributed by atoms with Crippen molar-refractivity contribution in [2.24, 2.45) is 0 Å². The molecule has 1 N–H and O–H groups in total. The van der Waals surface area contributed by atoms with Crippen LogP contribution < -0.4 is 9.04 Å². The zero-order chi connectivity index (χ0) is 20.2. The fourth-order valence-electron chi connectivity index (χ4n) is 2.32. The van der Waals surface area contributed by atoms with Gasteiger partial charge in [0.1, 0.15) is 23.3 Å². The van der Waals surface area contributed by atoms with Crippen LogP contribution in [0.4, 0.5) is 5.69 Å². The molecule has 0 amide bonds. The van der Waals surface area contributed by atoms with Crippen molar-refractivity contribution in [2.75, 3.05) is 10.9 Å². The molecular weight excluding hydrogens is 413 g/mol. The van der Waals surface area contributed by atoms with Crippen LogP contribution in [0.5, 0.6) is 5.75 Å². The lowest BCUT2D eigenvalue weighted by Crippen LogP contribution is -2.43. The van der Waals surface area contributed by atoms with Gasteiger partial charge in [-0.05, 0) is 37.3 Å². The third-order valence-corrected chi connectivity index (χ3v) is 6.19. The molecule has 0 saturated carbocycles. The predicted octanol–water partition coefficient (Wildman–Crippen LogP) is 4.23. The van der Waals surface area contributed by atoms with E-state index in [1.807, 2.05) is 0 Å². The van der Waals surface area contributed by atoms with E-state index in [-0.39, 0.29) is 27.2 Å². The number of ether oxygens (including phenoxy) is 1. The van der Waals surface area contributed by atoms with Gasteiger partial charge in [-0.3, -0.25) is 4.31 Å². The summed E-state index contributed by atoms with van der Waals surface area (Å²) in [7, 11) is -4.33. The normalized spacial score (nSPS) is 12.3. The van der Waals surface area contributed by atoms with E-state index in [2.05, 4.69) is 6.58 Å². The monoisotopic (exact) mass is 429 g/mol.